The number of nitrogens with zero attached hydrogens (tertiary/aromatic N) is 4. The van der Waals surface area contributed by atoms with Gasteiger partial charge in [-0.2, -0.15) is 16.9 Å². The molecule has 3 aromatic carbocycles. The van der Waals surface area contributed by atoms with Crippen molar-refractivity contribution in [3.05, 3.63) is 120 Å². The molecule has 206 valence electrons. The lowest BCUT2D eigenvalue weighted by molar-refractivity contribution is -0.394. The number of hydrogen-bond donors (Lipinski definition) is 2. The molecule has 14 nitrogen and oxygen atoms in total. The fourth-order valence-corrected chi connectivity index (χ4v) is 4.37. The Morgan fingerprint density at radius 1 is 0.825 bits per heavy atom. The summed E-state index contributed by atoms with van der Waals surface area (Å²) in [5.41, 5.74) is 2.09. The van der Waals surface area contributed by atoms with Crippen molar-refractivity contribution in [2.24, 2.45) is 5.10 Å². The fourth-order valence-electron chi connectivity index (χ4n) is 3.36. The van der Waals surface area contributed by atoms with E-state index in [1.807, 2.05) is 30.3 Å². The van der Waals surface area contributed by atoms with Crippen LogP contribution in [-0.4, -0.2) is 44.1 Å². The van der Waals surface area contributed by atoms with Gasteiger partial charge in [-0.1, -0.05) is 42.5 Å². The smallest absolute Gasteiger partial charge is 0.277 e. The average molecular weight is 567 g/mol. The summed E-state index contributed by atoms with van der Waals surface area (Å²) in [4.78, 5) is 57.2. The number of nitrogens with one attached hydrogen (secondary N) is 2. The molecule has 3 aromatic rings. The Balaban J connectivity index is 1.81. The monoisotopic (exact) mass is 566 g/mol. The van der Waals surface area contributed by atoms with E-state index in [1.54, 1.807) is 6.07 Å². The second kappa shape index (κ2) is 13.6. The normalized spacial score (nSPS) is 11.8. The summed E-state index contributed by atoms with van der Waals surface area (Å²) >= 11 is 1.32. The minimum atomic E-state index is -1.19. The predicted molar refractivity (Wildman–Crippen MR) is 147 cm³/mol. The first-order chi connectivity index (χ1) is 19.0. The van der Waals surface area contributed by atoms with Crippen LogP contribution < -0.4 is 10.7 Å². The topological polar surface area (TPSA) is 200 Å². The molecule has 2 amide bonds. The molecular formula is C25H22N6O8S. The number of nitro groups is 3. The summed E-state index contributed by atoms with van der Waals surface area (Å²) in [6.07, 6.45) is 0. The molecule has 1 atom stereocenters. The van der Waals surface area contributed by atoms with Gasteiger partial charge in [0.2, 0.25) is 0 Å². The summed E-state index contributed by atoms with van der Waals surface area (Å²) < 4.78 is 0. The summed E-state index contributed by atoms with van der Waals surface area (Å²) in [6, 6.07) is 16.2. The Bertz CT molecular complexity index is 1450. The van der Waals surface area contributed by atoms with Crippen LogP contribution in [0.5, 0.6) is 0 Å². The molecule has 3 rings (SSSR count). The van der Waals surface area contributed by atoms with E-state index in [4.69, 9.17) is 0 Å². The quantitative estimate of drug-likeness (QED) is 0.185. The summed E-state index contributed by atoms with van der Waals surface area (Å²) in [7, 11) is 0. The molecule has 0 saturated carbocycles. The standard InChI is InChI=1S/C25H22N6O8S/c1-16(18-8-5-9-20(10-18)29(34)35)27-28-25(33)23(15-40-14-17-6-3-2-4-7-17)26-24(32)19-11-21(30(36)37)13-22(12-19)31(38)39/h2-13,23H,14-15H2,1H3,(H,26,32)(H,28,33). The minimum absolute atomic E-state index is 0.0643. The zero-order valence-corrected chi connectivity index (χ0v) is 21.7. The minimum Gasteiger partial charge on any atom is -0.339 e. The van der Waals surface area contributed by atoms with Gasteiger partial charge in [0, 0.05) is 41.3 Å². The van der Waals surface area contributed by atoms with Gasteiger partial charge in [-0.05, 0) is 12.5 Å². The first kappa shape index (κ1) is 29.4. The summed E-state index contributed by atoms with van der Waals surface area (Å²) in [6.45, 7) is 1.53. The van der Waals surface area contributed by atoms with E-state index < -0.39 is 44.0 Å². The number of hydrogen-bond acceptors (Lipinski definition) is 10. The molecular weight excluding hydrogens is 544 g/mol. The van der Waals surface area contributed by atoms with Crippen molar-refractivity contribution >= 4 is 46.4 Å². The Morgan fingerprint density at radius 2 is 1.43 bits per heavy atom. The third kappa shape index (κ3) is 8.16. The molecule has 0 spiro atoms. The molecule has 15 heteroatoms. The number of hydrazone groups is 1. The van der Waals surface area contributed by atoms with Crippen LogP contribution in [0.2, 0.25) is 0 Å². The molecule has 0 bridgehead atoms. The fraction of sp³-hybridized carbons (Fsp3) is 0.160. The van der Waals surface area contributed by atoms with Gasteiger partial charge < -0.3 is 5.32 Å². The highest BCUT2D eigenvalue weighted by Crippen LogP contribution is 2.23. The van der Waals surface area contributed by atoms with Crippen molar-refractivity contribution in [1.29, 1.82) is 0 Å². The average Bonchev–Trinajstić information content (AvgIpc) is 2.95. The van der Waals surface area contributed by atoms with E-state index in [9.17, 15) is 39.9 Å². The van der Waals surface area contributed by atoms with Crippen LogP contribution in [0.3, 0.4) is 0 Å². The van der Waals surface area contributed by atoms with Crippen molar-refractivity contribution < 1.29 is 24.4 Å². The SMILES string of the molecule is CC(=NNC(=O)C(CSCc1ccccc1)NC(=O)c1cc([N+](=O)[O-])cc([N+](=O)[O-])c1)c1cccc([N+](=O)[O-])c1. The molecule has 0 saturated heterocycles. The molecule has 40 heavy (non-hydrogen) atoms. The second-order valence-electron chi connectivity index (χ2n) is 8.26. The second-order valence-corrected chi connectivity index (χ2v) is 9.29. The molecule has 0 aliphatic heterocycles. The number of amides is 2. The Hall–Kier alpha value is -5.18. The van der Waals surface area contributed by atoms with E-state index in [-0.39, 0.29) is 22.7 Å². The van der Waals surface area contributed by atoms with Crippen LogP contribution in [0.15, 0.2) is 77.9 Å². The van der Waals surface area contributed by atoms with Gasteiger partial charge in [0.05, 0.1) is 32.1 Å². The van der Waals surface area contributed by atoms with Crippen molar-refractivity contribution in [3.63, 3.8) is 0 Å². The van der Waals surface area contributed by atoms with Crippen LogP contribution in [0.1, 0.15) is 28.4 Å². The van der Waals surface area contributed by atoms with Crippen LogP contribution in [0.25, 0.3) is 0 Å². The zero-order chi connectivity index (χ0) is 29.2. The van der Waals surface area contributed by atoms with Crippen LogP contribution in [-0.2, 0) is 10.5 Å². The van der Waals surface area contributed by atoms with E-state index in [2.05, 4.69) is 15.8 Å². The molecule has 0 aliphatic rings. The van der Waals surface area contributed by atoms with Crippen LogP contribution in [0, 0.1) is 30.3 Å². The molecule has 0 fully saturated rings. The van der Waals surface area contributed by atoms with Gasteiger partial charge in [-0.25, -0.2) is 5.43 Å². The number of carbonyl (C=O) groups is 2. The Kier molecular flexibility index (Phi) is 9.96. The number of thioether (sulfide) groups is 1. The summed E-state index contributed by atoms with van der Waals surface area (Å²) in [5, 5.41) is 39.9. The predicted octanol–water partition coefficient (Wildman–Crippen LogP) is 3.98. The largest absolute Gasteiger partial charge is 0.339 e. The molecule has 2 N–H and O–H groups in total. The Morgan fingerprint density at radius 3 is 2.02 bits per heavy atom. The van der Waals surface area contributed by atoms with Crippen molar-refractivity contribution in [2.75, 3.05) is 5.75 Å². The van der Waals surface area contributed by atoms with Gasteiger partial charge in [0.15, 0.2) is 0 Å². The number of nitro benzene ring substituents is 3. The van der Waals surface area contributed by atoms with E-state index in [1.165, 1.54) is 36.9 Å². The first-order valence-electron chi connectivity index (χ1n) is 11.5. The molecule has 1 unspecified atom stereocenters. The summed E-state index contributed by atoms with van der Waals surface area (Å²) in [5.74, 6) is -1.11. The maximum Gasteiger partial charge on any atom is 0.277 e. The number of non-ortho nitro benzene ring substituents is 3. The van der Waals surface area contributed by atoms with E-state index >= 15 is 0 Å². The number of rotatable bonds is 12. The molecule has 0 aromatic heterocycles. The number of benzene rings is 3. The molecule has 0 radical (unpaired) electrons. The van der Waals surface area contributed by atoms with E-state index in [0.717, 1.165) is 23.8 Å². The van der Waals surface area contributed by atoms with Gasteiger partial charge in [-0.3, -0.25) is 39.9 Å². The van der Waals surface area contributed by atoms with Gasteiger partial charge in [0.25, 0.3) is 28.9 Å². The maximum absolute atomic E-state index is 13.0. The first-order valence-corrected chi connectivity index (χ1v) is 12.7. The highest BCUT2D eigenvalue weighted by atomic mass is 32.2. The highest BCUT2D eigenvalue weighted by molar-refractivity contribution is 7.98. The van der Waals surface area contributed by atoms with Gasteiger partial charge in [0.1, 0.15) is 6.04 Å². The van der Waals surface area contributed by atoms with Crippen molar-refractivity contribution in [2.45, 2.75) is 18.7 Å². The van der Waals surface area contributed by atoms with Gasteiger partial charge in [-0.15, -0.1) is 0 Å². The lowest BCUT2D eigenvalue weighted by Crippen LogP contribution is -2.47. The third-order valence-electron chi connectivity index (χ3n) is 5.41. The lowest BCUT2D eigenvalue weighted by Gasteiger charge is -2.17. The molecule has 0 aliphatic carbocycles. The molecule has 0 heterocycles. The lowest BCUT2D eigenvalue weighted by atomic mass is 10.1. The highest BCUT2D eigenvalue weighted by Gasteiger charge is 2.25. The van der Waals surface area contributed by atoms with E-state index in [0.29, 0.717) is 11.3 Å². The van der Waals surface area contributed by atoms with Crippen LogP contribution >= 0.6 is 11.8 Å². The maximum atomic E-state index is 13.0. The number of carbonyl (C=O) groups excluding carboxylic acids is 2. The van der Waals surface area contributed by atoms with Gasteiger partial charge >= 0.3 is 0 Å². The van der Waals surface area contributed by atoms with Crippen LogP contribution in [0.4, 0.5) is 17.1 Å². The Labute approximate surface area is 230 Å². The third-order valence-corrected chi connectivity index (χ3v) is 6.52. The zero-order valence-electron chi connectivity index (χ0n) is 20.9. The van der Waals surface area contributed by atoms with Crippen molar-refractivity contribution in [1.82, 2.24) is 10.7 Å². The van der Waals surface area contributed by atoms with Crippen molar-refractivity contribution in [3.8, 4) is 0 Å².